The lowest BCUT2D eigenvalue weighted by molar-refractivity contribution is 0.251. The lowest BCUT2D eigenvalue weighted by Gasteiger charge is -2.08. The first-order chi connectivity index (χ1) is 9.67. The molecule has 2 amide bonds. The number of hydrogen-bond acceptors (Lipinski definition) is 1. The molecule has 0 saturated heterocycles. The summed E-state index contributed by atoms with van der Waals surface area (Å²) in [5.41, 5.74) is 4.38. The van der Waals surface area contributed by atoms with E-state index in [0.29, 0.717) is 6.54 Å². The Morgan fingerprint density at radius 1 is 0.950 bits per heavy atom. The summed E-state index contributed by atoms with van der Waals surface area (Å²) in [7, 11) is 0. The zero-order valence-electron chi connectivity index (χ0n) is 11.9. The van der Waals surface area contributed by atoms with Crippen LogP contribution >= 0.6 is 0 Å². The van der Waals surface area contributed by atoms with Gasteiger partial charge < -0.3 is 10.6 Å². The largest absolute Gasteiger partial charge is 0.334 e. The number of urea groups is 1. The third-order valence-electron chi connectivity index (χ3n) is 3.19. The molecule has 104 valence electrons. The van der Waals surface area contributed by atoms with Crippen LogP contribution in [0.25, 0.3) is 0 Å². The molecule has 0 fully saturated rings. The predicted molar refractivity (Wildman–Crippen MR) is 82.9 cm³/mol. The van der Waals surface area contributed by atoms with E-state index in [1.54, 1.807) is 0 Å². The number of carbonyl (C=O) groups is 1. The van der Waals surface area contributed by atoms with E-state index in [1.807, 2.05) is 55.5 Å². The molecule has 0 atom stereocenters. The van der Waals surface area contributed by atoms with E-state index in [2.05, 4.69) is 17.6 Å². The summed E-state index contributed by atoms with van der Waals surface area (Å²) in [5, 5.41) is 5.67. The Hall–Kier alpha value is -2.29. The van der Waals surface area contributed by atoms with E-state index >= 15 is 0 Å². The van der Waals surface area contributed by atoms with Crippen molar-refractivity contribution in [3.8, 4) is 0 Å². The molecule has 0 aliphatic rings. The van der Waals surface area contributed by atoms with E-state index in [-0.39, 0.29) is 6.03 Å². The molecule has 0 unspecified atom stereocenters. The van der Waals surface area contributed by atoms with Gasteiger partial charge in [-0.3, -0.25) is 0 Å². The average Bonchev–Trinajstić information content (AvgIpc) is 2.47. The minimum Gasteiger partial charge on any atom is -0.334 e. The minimum absolute atomic E-state index is 0.185. The van der Waals surface area contributed by atoms with Gasteiger partial charge in [-0.15, -0.1) is 0 Å². The van der Waals surface area contributed by atoms with Crippen LogP contribution in [0.4, 0.5) is 10.5 Å². The van der Waals surface area contributed by atoms with Crippen LogP contribution in [0, 0.1) is 6.92 Å². The smallest absolute Gasteiger partial charge is 0.319 e. The molecule has 2 aromatic carbocycles. The zero-order valence-corrected chi connectivity index (χ0v) is 11.9. The summed E-state index contributed by atoms with van der Waals surface area (Å²) in [4.78, 5) is 11.8. The van der Waals surface area contributed by atoms with Crippen LogP contribution in [0.2, 0.25) is 0 Å². The van der Waals surface area contributed by atoms with Crippen molar-refractivity contribution in [2.24, 2.45) is 0 Å². The Balaban J connectivity index is 1.84. The van der Waals surface area contributed by atoms with Gasteiger partial charge in [0.25, 0.3) is 0 Å². The highest BCUT2D eigenvalue weighted by Gasteiger charge is 2.01. The fraction of sp³-hybridized carbons (Fsp3) is 0.235. The number of aryl methyl sites for hydroxylation is 2. The molecule has 2 aromatic rings. The van der Waals surface area contributed by atoms with Crippen molar-refractivity contribution in [1.29, 1.82) is 0 Å². The van der Waals surface area contributed by atoms with Gasteiger partial charge in [0.05, 0.1) is 0 Å². The van der Waals surface area contributed by atoms with Gasteiger partial charge in [-0.2, -0.15) is 0 Å². The van der Waals surface area contributed by atoms with Gasteiger partial charge in [-0.25, -0.2) is 4.79 Å². The molecule has 0 heterocycles. The molecule has 0 aliphatic heterocycles. The molecular weight excluding hydrogens is 248 g/mol. The highest BCUT2D eigenvalue weighted by Crippen LogP contribution is 2.10. The summed E-state index contributed by atoms with van der Waals surface area (Å²) in [6.45, 7) is 4.68. The zero-order chi connectivity index (χ0) is 14.4. The average molecular weight is 268 g/mol. The van der Waals surface area contributed by atoms with Gasteiger partial charge in [0, 0.05) is 12.2 Å². The quantitative estimate of drug-likeness (QED) is 0.868. The first-order valence-electron chi connectivity index (χ1n) is 6.86. The highest BCUT2D eigenvalue weighted by molar-refractivity contribution is 5.89. The molecule has 0 spiro atoms. The lowest BCUT2D eigenvalue weighted by Crippen LogP contribution is -2.28. The van der Waals surface area contributed by atoms with Crippen molar-refractivity contribution in [2.45, 2.75) is 26.8 Å². The summed E-state index contributed by atoms with van der Waals surface area (Å²) in [6, 6.07) is 15.8. The Bertz CT molecular complexity index is 559. The molecule has 3 heteroatoms. The molecular formula is C17H20N2O. The number of benzene rings is 2. The molecule has 2 rings (SSSR count). The Labute approximate surface area is 120 Å². The van der Waals surface area contributed by atoms with Crippen molar-refractivity contribution in [3.05, 3.63) is 65.2 Å². The van der Waals surface area contributed by atoms with Crippen molar-refractivity contribution in [2.75, 3.05) is 5.32 Å². The summed E-state index contributed by atoms with van der Waals surface area (Å²) in [6.07, 6.45) is 1.000. The van der Waals surface area contributed by atoms with Gasteiger partial charge in [0.2, 0.25) is 0 Å². The second kappa shape index (κ2) is 6.75. The lowest BCUT2D eigenvalue weighted by atomic mass is 10.1. The van der Waals surface area contributed by atoms with Crippen LogP contribution in [0.3, 0.4) is 0 Å². The Morgan fingerprint density at radius 3 is 2.15 bits per heavy atom. The van der Waals surface area contributed by atoms with E-state index in [9.17, 15) is 4.79 Å². The standard InChI is InChI=1S/C17H20N2O/c1-3-14-8-10-16(11-9-14)19-17(20)18-12-15-6-4-13(2)5-7-15/h4-11H,3,12H2,1-2H3,(H2,18,19,20). The van der Waals surface area contributed by atoms with Gasteiger partial charge in [-0.05, 0) is 36.6 Å². The number of rotatable bonds is 4. The maximum absolute atomic E-state index is 11.8. The molecule has 20 heavy (non-hydrogen) atoms. The van der Waals surface area contributed by atoms with Crippen LogP contribution in [-0.4, -0.2) is 6.03 Å². The van der Waals surface area contributed by atoms with Gasteiger partial charge >= 0.3 is 6.03 Å². The topological polar surface area (TPSA) is 41.1 Å². The number of amides is 2. The van der Waals surface area contributed by atoms with Gasteiger partial charge in [-0.1, -0.05) is 48.9 Å². The van der Waals surface area contributed by atoms with E-state index in [1.165, 1.54) is 11.1 Å². The molecule has 0 aromatic heterocycles. The fourth-order valence-corrected chi connectivity index (χ4v) is 1.89. The first-order valence-corrected chi connectivity index (χ1v) is 6.86. The first kappa shape index (κ1) is 14.1. The summed E-state index contributed by atoms with van der Waals surface area (Å²) >= 11 is 0. The summed E-state index contributed by atoms with van der Waals surface area (Å²) < 4.78 is 0. The number of nitrogens with one attached hydrogen (secondary N) is 2. The molecule has 3 nitrogen and oxygen atoms in total. The third-order valence-corrected chi connectivity index (χ3v) is 3.19. The fourth-order valence-electron chi connectivity index (χ4n) is 1.89. The SMILES string of the molecule is CCc1ccc(NC(=O)NCc2ccc(C)cc2)cc1. The highest BCUT2D eigenvalue weighted by atomic mass is 16.2. The van der Waals surface area contributed by atoms with Crippen LogP contribution in [0.15, 0.2) is 48.5 Å². The molecule has 2 N–H and O–H groups in total. The Morgan fingerprint density at radius 2 is 1.55 bits per heavy atom. The normalized spacial score (nSPS) is 10.1. The monoisotopic (exact) mass is 268 g/mol. The van der Waals surface area contributed by atoms with Crippen LogP contribution in [0.5, 0.6) is 0 Å². The van der Waals surface area contributed by atoms with Crippen molar-refractivity contribution >= 4 is 11.7 Å². The maximum Gasteiger partial charge on any atom is 0.319 e. The number of anilines is 1. The van der Waals surface area contributed by atoms with Crippen LogP contribution in [0.1, 0.15) is 23.6 Å². The molecule has 0 radical (unpaired) electrons. The minimum atomic E-state index is -0.185. The van der Waals surface area contributed by atoms with Gasteiger partial charge in [0.15, 0.2) is 0 Å². The van der Waals surface area contributed by atoms with E-state index in [0.717, 1.165) is 17.7 Å². The molecule has 0 saturated carbocycles. The maximum atomic E-state index is 11.8. The van der Waals surface area contributed by atoms with Crippen LogP contribution in [-0.2, 0) is 13.0 Å². The number of hydrogen-bond donors (Lipinski definition) is 2. The van der Waals surface area contributed by atoms with Crippen molar-refractivity contribution < 1.29 is 4.79 Å². The predicted octanol–water partition coefficient (Wildman–Crippen LogP) is 3.88. The van der Waals surface area contributed by atoms with Crippen LogP contribution < -0.4 is 10.6 Å². The van der Waals surface area contributed by atoms with E-state index < -0.39 is 0 Å². The second-order valence-corrected chi connectivity index (χ2v) is 4.84. The third kappa shape index (κ3) is 4.12. The molecule has 0 bridgehead atoms. The number of carbonyl (C=O) groups excluding carboxylic acids is 1. The van der Waals surface area contributed by atoms with E-state index in [4.69, 9.17) is 0 Å². The van der Waals surface area contributed by atoms with Crippen molar-refractivity contribution in [1.82, 2.24) is 5.32 Å². The molecule has 0 aliphatic carbocycles. The van der Waals surface area contributed by atoms with Gasteiger partial charge in [0.1, 0.15) is 0 Å². The van der Waals surface area contributed by atoms with Crippen molar-refractivity contribution in [3.63, 3.8) is 0 Å². The Kier molecular flexibility index (Phi) is 4.77. The second-order valence-electron chi connectivity index (χ2n) is 4.84. The summed E-state index contributed by atoms with van der Waals surface area (Å²) in [5.74, 6) is 0.